The Hall–Kier alpha value is -0.940. The van der Waals surface area contributed by atoms with E-state index < -0.39 is 5.79 Å². The largest absolute Gasteiger partial charge is 0.396 e. The summed E-state index contributed by atoms with van der Waals surface area (Å²) in [6, 6.07) is 10.2. The first-order chi connectivity index (χ1) is 11.4. The zero-order chi connectivity index (χ0) is 17.6. The molecule has 4 atom stereocenters. The van der Waals surface area contributed by atoms with Gasteiger partial charge in [-0.25, -0.2) is 0 Å². The normalized spacial score (nSPS) is 27.8. The van der Waals surface area contributed by atoms with Crippen LogP contribution in [0.5, 0.6) is 0 Å². The number of ether oxygens (including phenoxy) is 3. The molecular weight excluding hydrogens is 304 g/mol. The van der Waals surface area contributed by atoms with Gasteiger partial charge in [-0.1, -0.05) is 44.2 Å². The minimum Gasteiger partial charge on any atom is -0.396 e. The SMILES string of the molecule is C[C@H]1[C@H]([C@H](C)COCc2ccccc2)OC(C)(C)O[C@@H]1CCCO. The maximum Gasteiger partial charge on any atom is 0.163 e. The fraction of sp³-hybridized carbons (Fsp3) is 0.700. The molecule has 2 rings (SSSR count). The van der Waals surface area contributed by atoms with E-state index in [4.69, 9.17) is 19.3 Å². The molecule has 1 fully saturated rings. The van der Waals surface area contributed by atoms with Crippen molar-refractivity contribution in [3.05, 3.63) is 35.9 Å². The Bertz CT molecular complexity index is 474. The van der Waals surface area contributed by atoms with Gasteiger partial charge in [0.2, 0.25) is 0 Å². The van der Waals surface area contributed by atoms with Crippen molar-refractivity contribution in [3.63, 3.8) is 0 Å². The van der Waals surface area contributed by atoms with Gasteiger partial charge in [-0.2, -0.15) is 0 Å². The lowest BCUT2D eigenvalue weighted by Crippen LogP contribution is -2.52. The summed E-state index contributed by atoms with van der Waals surface area (Å²) in [5, 5.41) is 9.11. The molecule has 0 aromatic heterocycles. The van der Waals surface area contributed by atoms with E-state index in [0.29, 0.717) is 13.2 Å². The lowest BCUT2D eigenvalue weighted by atomic mass is 9.86. The number of rotatable bonds is 8. The van der Waals surface area contributed by atoms with E-state index in [1.165, 1.54) is 5.56 Å². The van der Waals surface area contributed by atoms with Gasteiger partial charge in [-0.3, -0.25) is 0 Å². The van der Waals surface area contributed by atoms with E-state index in [1.807, 2.05) is 32.0 Å². The van der Waals surface area contributed by atoms with Gasteiger partial charge in [-0.15, -0.1) is 0 Å². The Kier molecular flexibility index (Phi) is 7.23. The second-order valence-electron chi connectivity index (χ2n) is 7.34. The van der Waals surface area contributed by atoms with Crippen molar-refractivity contribution in [2.75, 3.05) is 13.2 Å². The molecule has 1 N–H and O–H groups in total. The smallest absolute Gasteiger partial charge is 0.163 e. The van der Waals surface area contributed by atoms with E-state index >= 15 is 0 Å². The van der Waals surface area contributed by atoms with Crippen LogP contribution in [-0.4, -0.2) is 36.3 Å². The van der Waals surface area contributed by atoms with Crippen LogP contribution in [0.4, 0.5) is 0 Å². The van der Waals surface area contributed by atoms with Gasteiger partial charge in [0.05, 0.1) is 25.4 Å². The Labute approximate surface area is 146 Å². The minimum atomic E-state index is -0.592. The highest BCUT2D eigenvalue weighted by atomic mass is 16.7. The average molecular weight is 336 g/mol. The van der Waals surface area contributed by atoms with Crippen molar-refractivity contribution < 1.29 is 19.3 Å². The topological polar surface area (TPSA) is 47.9 Å². The number of aliphatic hydroxyl groups excluding tert-OH is 1. The molecule has 136 valence electrons. The molecule has 4 nitrogen and oxygen atoms in total. The number of aliphatic hydroxyl groups is 1. The summed E-state index contributed by atoms with van der Waals surface area (Å²) in [4.78, 5) is 0. The zero-order valence-corrected chi connectivity index (χ0v) is 15.4. The Morgan fingerprint density at radius 2 is 1.92 bits per heavy atom. The van der Waals surface area contributed by atoms with Crippen LogP contribution in [-0.2, 0) is 20.8 Å². The molecule has 4 heteroatoms. The zero-order valence-electron chi connectivity index (χ0n) is 15.4. The van der Waals surface area contributed by atoms with Crippen LogP contribution in [0.2, 0.25) is 0 Å². The lowest BCUT2D eigenvalue weighted by Gasteiger charge is -2.47. The van der Waals surface area contributed by atoms with Crippen LogP contribution in [0, 0.1) is 11.8 Å². The van der Waals surface area contributed by atoms with E-state index in [0.717, 1.165) is 12.8 Å². The second kappa shape index (κ2) is 8.95. The molecule has 0 spiro atoms. The molecule has 24 heavy (non-hydrogen) atoms. The monoisotopic (exact) mass is 336 g/mol. The molecular formula is C20H32O4. The van der Waals surface area contributed by atoms with Gasteiger partial charge in [-0.05, 0) is 32.3 Å². The van der Waals surface area contributed by atoms with E-state index in [-0.39, 0.29) is 30.7 Å². The number of hydrogen-bond acceptors (Lipinski definition) is 4. The van der Waals surface area contributed by atoms with Crippen molar-refractivity contribution in [1.82, 2.24) is 0 Å². The molecule has 0 radical (unpaired) electrons. The lowest BCUT2D eigenvalue weighted by molar-refractivity contribution is -0.329. The molecule has 1 aliphatic rings. The quantitative estimate of drug-likeness (QED) is 0.785. The van der Waals surface area contributed by atoms with Crippen LogP contribution in [0.15, 0.2) is 30.3 Å². The maximum atomic E-state index is 9.11. The summed E-state index contributed by atoms with van der Waals surface area (Å²) in [7, 11) is 0. The van der Waals surface area contributed by atoms with Crippen LogP contribution in [0.25, 0.3) is 0 Å². The molecule has 0 saturated carbocycles. The number of hydrogen-bond donors (Lipinski definition) is 1. The standard InChI is InChI=1S/C20H32O4/c1-15(13-22-14-17-9-6-5-7-10-17)19-16(2)18(11-8-12-21)23-20(3,4)24-19/h5-7,9-10,15-16,18-19,21H,8,11-14H2,1-4H3/t15-,16-,18-,19+/m1/s1. The summed E-state index contributed by atoms with van der Waals surface area (Å²) in [6.45, 7) is 9.78. The Morgan fingerprint density at radius 1 is 1.21 bits per heavy atom. The minimum absolute atomic E-state index is 0.0909. The predicted octanol–water partition coefficient (Wildman–Crippen LogP) is 3.77. The van der Waals surface area contributed by atoms with Gasteiger partial charge < -0.3 is 19.3 Å². The van der Waals surface area contributed by atoms with Gasteiger partial charge in [0.25, 0.3) is 0 Å². The summed E-state index contributed by atoms with van der Waals surface area (Å²) in [5.74, 6) is -0.0336. The third-order valence-electron chi connectivity index (χ3n) is 4.66. The molecule has 1 aliphatic heterocycles. The molecule has 0 aliphatic carbocycles. The van der Waals surface area contributed by atoms with E-state index in [1.54, 1.807) is 0 Å². The first kappa shape index (κ1) is 19.4. The molecule has 0 unspecified atom stereocenters. The van der Waals surface area contributed by atoms with Crippen LogP contribution < -0.4 is 0 Å². The maximum absolute atomic E-state index is 9.11. The Morgan fingerprint density at radius 3 is 2.58 bits per heavy atom. The summed E-state index contributed by atoms with van der Waals surface area (Å²) < 4.78 is 18.2. The molecule has 1 heterocycles. The van der Waals surface area contributed by atoms with Crippen molar-refractivity contribution in [2.24, 2.45) is 11.8 Å². The first-order valence-corrected chi connectivity index (χ1v) is 9.01. The highest BCUT2D eigenvalue weighted by Gasteiger charge is 2.42. The van der Waals surface area contributed by atoms with E-state index in [2.05, 4.69) is 26.0 Å². The van der Waals surface area contributed by atoms with Crippen LogP contribution >= 0.6 is 0 Å². The van der Waals surface area contributed by atoms with Gasteiger partial charge in [0.1, 0.15) is 0 Å². The van der Waals surface area contributed by atoms with Crippen molar-refractivity contribution in [1.29, 1.82) is 0 Å². The fourth-order valence-corrected chi connectivity index (χ4v) is 3.43. The van der Waals surface area contributed by atoms with Gasteiger partial charge in [0, 0.05) is 18.4 Å². The predicted molar refractivity (Wildman–Crippen MR) is 94.6 cm³/mol. The molecule has 1 aromatic carbocycles. The van der Waals surface area contributed by atoms with Crippen molar-refractivity contribution in [2.45, 2.75) is 65.1 Å². The fourth-order valence-electron chi connectivity index (χ4n) is 3.43. The third kappa shape index (κ3) is 5.55. The number of benzene rings is 1. The summed E-state index contributed by atoms with van der Waals surface area (Å²) in [6.07, 6.45) is 1.82. The van der Waals surface area contributed by atoms with Gasteiger partial charge >= 0.3 is 0 Å². The average Bonchev–Trinajstić information content (AvgIpc) is 2.56. The first-order valence-electron chi connectivity index (χ1n) is 9.01. The second-order valence-corrected chi connectivity index (χ2v) is 7.34. The highest BCUT2D eigenvalue weighted by Crippen LogP contribution is 2.36. The highest BCUT2D eigenvalue weighted by molar-refractivity contribution is 5.13. The van der Waals surface area contributed by atoms with Crippen molar-refractivity contribution in [3.8, 4) is 0 Å². The third-order valence-corrected chi connectivity index (χ3v) is 4.66. The molecule has 1 saturated heterocycles. The molecule has 1 aromatic rings. The molecule has 0 bridgehead atoms. The molecule has 0 amide bonds. The van der Waals surface area contributed by atoms with Crippen molar-refractivity contribution >= 4 is 0 Å². The van der Waals surface area contributed by atoms with Crippen LogP contribution in [0.1, 0.15) is 46.1 Å². The van der Waals surface area contributed by atoms with Gasteiger partial charge in [0.15, 0.2) is 5.79 Å². The summed E-state index contributed by atoms with van der Waals surface area (Å²) in [5.41, 5.74) is 1.19. The van der Waals surface area contributed by atoms with E-state index in [9.17, 15) is 0 Å². The van der Waals surface area contributed by atoms with Crippen LogP contribution in [0.3, 0.4) is 0 Å². The summed E-state index contributed by atoms with van der Waals surface area (Å²) >= 11 is 0. The Balaban J connectivity index is 1.89.